The average molecular weight is 297 g/mol. The number of carbonyl (C=O) groups is 1. The highest BCUT2D eigenvalue weighted by Gasteiger charge is 2.06. The number of hydrogen-bond acceptors (Lipinski definition) is 4. The Labute approximate surface area is 126 Å². The minimum atomic E-state index is -0.363. The lowest BCUT2D eigenvalue weighted by atomic mass is 10.3. The molecule has 2 heterocycles. The molecule has 0 aliphatic rings. The van der Waals surface area contributed by atoms with Crippen molar-refractivity contribution in [2.45, 2.75) is 6.92 Å². The van der Waals surface area contributed by atoms with Crippen LogP contribution in [0, 0.1) is 6.92 Å². The van der Waals surface area contributed by atoms with Crippen LogP contribution in [0.2, 0.25) is 0 Å². The third kappa shape index (κ3) is 2.98. The van der Waals surface area contributed by atoms with Crippen LogP contribution in [0.1, 0.15) is 5.69 Å². The number of carbonyl (C=O) groups excluding carboxylic acids is 1. The smallest absolute Gasteiger partial charge is 0.323 e. The van der Waals surface area contributed by atoms with Crippen LogP contribution < -0.4 is 15.4 Å². The highest BCUT2D eigenvalue weighted by atomic mass is 16.5. The molecule has 22 heavy (non-hydrogen) atoms. The van der Waals surface area contributed by atoms with Crippen LogP contribution in [-0.4, -0.2) is 27.7 Å². The second-order valence-corrected chi connectivity index (χ2v) is 4.74. The normalized spacial score (nSPS) is 10.5. The van der Waals surface area contributed by atoms with Crippen molar-refractivity contribution < 1.29 is 9.53 Å². The van der Waals surface area contributed by atoms with Crippen molar-refractivity contribution in [2.75, 3.05) is 17.7 Å². The summed E-state index contributed by atoms with van der Waals surface area (Å²) in [7, 11) is 1.58. The zero-order chi connectivity index (χ0) is 15.5. The summed E-state index contributed by atoms with van der Waals surface area (Å²) in [6, 6.07) is 8.62. The first kappa shape index (κ1) is 13.9. The Bertz CT molecular complexity index is 828. The van der Waals surface area contributed by atoms with Crippen LogP contribution in [-0.2, 0) is 0 Å². The highest BCUT2D eigenvalue weighted by Crippen LogP contribution is 2.17. The Balaban J connectivity index is 1.71. The highest BCUT2D eigenvalue weighted by molar-refractivity contribution is 5.99. The molecule has 0 unspecified atom stereocenters. The van der Waals surface area contributed by atoms with Gasteiger partial charge in [0.15, 0.2) is 5.65 Å². The second kappa shape index (κ2) is 5.72. The molecule has 1 aromatic carbocycles. The molecule has 112 valence electrons. The van der Waals surface area contributed by atoms with E-state index < -0.39 is 0 Å². The fraction of sp³-hybridized carbons (Fsp3) is 0.133. The first-order valence-corrected chi connectivity index (χ1v) is 6.68. The summed E-state index contributed by atoms with van der Waals surface area (Å²) in [5, 5.41) is 9.70. The summed E-state index contributed by atoms with van der Waals surface area (Å²) in [4.78, 5) is 16.2. The molecule has 0 aliphatic carbocycles. The summed E-state index contributed by atoms with van der Waals surface area (Å²) in [5.74, 6) is 0.674. The van der Waals surface area contributed by atoms with Gasteiger partial charge in [0.05, 0.1) is 30.9 Å². The molecule has 0 fully saturated rings. The van der Waals surface area contributed by atoms with Gasteiger partial charge in [-0.1, -0.05) is 6.07 Å². The number of ether oxygens (including phenoxy) is 1. The molecular formula is C15H15N5O2. The summed E-state index contributed by atoms with van der Waals surface area (Å²) >= 11 is 0. The van der Waals surface area contributed by atoms with E-state index in [1.807, 2.05) is 13.0 Å². The number of hydrogen-bond donors (Lipinski definition) is 2. The summed E-state index contributed by atoms with van der Waals surface area (Å²) in [6.45, 7) is 1.89. The zero-order valence-electron chi connectivity index (χ0n) is 12.2. The van der Waals surface area contributed by atoms with Crippen LogP contribution in [0.25, 0.3) is 5.65 Å². The van der Waals surface area contributed by atoms with Crippen molar-refractivity contribution in [1.29, 1.82) is 0 Å². The lowest BCUT2D eigenvalue weighted by Gasteiger charge is -2.08. The number of rotatable bonds is 3. The fourth-order valence-electron chi connectivity index (χ4n) is 2.05. The molecule has 0 atom stereocenters. The minimum Gasteiger partial charge on any atom is -0.497 e. The van der Waals surface area contributed by atoms with Gasteiger partial charge in [0.1, 0.15) is 5.75 Å². The first-order chi connectivity index (χ1) is 10.6. The molecule has 3 aromatic rings. The van der Waals surface area contributed by atoms with Crippen LogP contribution in [0.15, 0.2) is 42.7 Å². The van der Waals surface area contributed by atoms with E-state index in [9.17, 15) is 4.79 Å². The number of nitrogens with zero attached hydrogens (tertiary/aromatic N) is 3. The van der Waals surface area contributed by atoms with Gasteiger partial charge in [0.25, 0.3) is 0 Å². The maximum absolute atomic E-state index is 12.0. The number of aryl methyl sites for hydroxylation is 1. The predicted octanol–water partition coefficient (Wildman–Crippen LogP) is 2.69. The molecule has 0 bridgehead atoms. The van der Waals surface area contributed by atoms with E-state index in [4.69, 9.17) is 4.74 Å². The van der Waals surface area contributed by atoms with E-state index in [1.54, 1.807) is 48.3 Å². The van der Waals surface area contributed by atoms with E-state index in [0.717, 1.165) is 11.3 Å². The van der Waals surface area contributed by atoms with Gasteiger partial charge < -0.3 is 15.4 Å². The van der Waals surface area contributed by atoms with E-state index in [1.165, 1.54) is 0 Å². The molecule has 0 saturated carbocycles. The van der Waals surface area contributed by atoms with Crippen LogP contribution >= 0.6 is 0 Å². The van der Waals surface area contributed by atoms with Gasteiger partial charge in [-0.25, -0.2) is 14.3 Å². The third-order valence-electron chi connectivity index (χ3n) is 3.02. The van der Waals surface area contributed by atoms with E-state index >= 15 is 0 Å². The molecule has 7 nitrogen and oxygen atoms in total. The Morgan fingerprint density at radius 3 is 2.86 bits per heavy atom. The molecule has 3 rings (SSSR count). The molecule has 2 amide bonds. The number of urea groups is 1. The Kier molecular flexibility index (Phi) is 3.61. The predicted molar refractivity (Wildman–Crippen MR) is 83.4 cm³/mol. The SMILES string of the molecule is COc1cccc(NC(=O)Nc2cnc3cc(C)nn3c2)c1. The zero-order valence-corrected chi connectivity index (χ0v) is 12.2. The lowest BCUT2D eigenvalue weighted by Crippen LogP contribution is -2.19. The molecule has 0 spiro atoms. The molecule has 0 aliphatic heterocycles. The number of aromatic nitrogens is 3. The summed E-state index contributed by atoms with van der Waals surface area (Å²) in [5.41, 5.74) is 2.79. The van der Waals surface area contributed by atoms with Gasteiger partial charge in [0, 0.05) is 17.8 Å². The minimum absolute atomic E-state index is 0.363. The molecular weight excluding hydrogens is 282 g/mol. The summed E-state index contributed by atoms with van der Waals surface area (Å²) < 4.78 is 6.73. The van der Waals surface area contributed by atoms with Crippen molar-refractivity contribution >= 4 is 23.1 Å². The van der Waals surface area contributed by atoms with Gasteiger partial charge in [-0.15, -0.1) is 0 Å². The van der Waals surface area contributed by atoms with Crippen molar-refractivity contribution in [1.82, 2.24) is 14.6 Å². The van der Waals surface area contributed by atoms with Crippen LogP contribution in [0.5, 0.6) is 5.75 Å². The molecule has 2 N–H and O–H groups in total. The standard InChI is InChI=1S/C15H15N5O2/c1-10-6-14-16-8-12(9-20(14)19-10)18-15(21)17-11-4-3-5-13(7-11)22-2/h3-9H,1-2H3,(H2,17,18,21). The van der Waals surface area contributed by atoms with Gasteiger partial charge in [-0.3, -0.25) is 0 Å². The number of fused-ring (bicyclic) bond motifs is 1. The number of methoxy groups -OCH3 is 1. The maximum atomic E-state index is 12.0. The molecule has 0 saturated heterocycles. The molecule has 7 heteroatoms. The number of nitrogens with one attached hydrogen (secondary N) is 2. The van der Waals surface area contributed by atoms with E-state index in [0.29, 0.717) is 17.1 Å². The Morgan fingerprint density at radius 1 is 1.23 bits per heavy atom. The van der Waals surface area contributed by atoms with Crippen molar-refractivity contribution in [3.8, 4) is 5.75 Å². The van der Waals surface area contributed by atoms with Crippen molar-refractivity contribution in [3.05, 3.63) is 48.4 Å². The first-order valence-electron chi connectivity index (χ1n) is 6.68. The number of benzene rings is 1. The second-order valence-electron chi connectivity index (χ2n) is 4.74. The largest absolute Gasteiger partial charge is 0.497 e. The number of anilines is 2. The Morgan fingerprint density at radius 2 is 2.05 bits per heavy atom. The van der Waals surface area contributed by atoms with E-state index in [2.05, 4.69) is 20.7 Å². The van der Waals surface area contributed by atoms with E-state index in [-0.39, 0.29) is 6.03 Å². The van der Waals surface area contributed by atoms with Crippen molar-refractivity contribution in [3.63, 3.8) is 0 Å². The lowest BCUT2D eigenvalue weighted by molar-refractivity contribution is 0.262. The average Bonchev–Trinajstić information content (AvgIpc) is 2.86. The van der Waals surface area contributed by atoms with Crippen LogP contribution in [0.4, 0.5) is 16.2 Å². The topological polar surface area (TPSA) is 80.5 Å². The van der Waals surface area contributed by atoms with Gasteiger partial charge in [0.2, 0.25) is 0 Å². The summed E-state index contributed by atoms with van der Waals surface area (Å²) in [6.07, 6.45) is 3.29. The maximum Gasteiger partial charge on any atom is 0.323 e. The third-order valence-corrected chi connectivity index (χ3v) is 3.02. The van der Waals surface area contributed by atoms with Crippen LogP contribution in [0.3, 0.4) is 0 Å². The van der Waals surface area contributed by atoms with Crippen molar-refractivity contribution in [2.24, 2.45) is 0 Å². The van der Waals surface area contributed by atoms with Gasteiger partial charge >= 0.3 is 6.03 Å². The Hall–Kier alpha value is -3.09. The van der Waals surface area contributed by atoms with Gasteiger partial charge in [-0.2, -0.15) is 5.10 Å². The van der Waals surface area contributed by atoms with Gasteiger partial charge in [-0.05, 0) is 19.1 Å². The monoisotopic (exact) mass is 297 g/mol. The quantitative estimate of drug-likeness (QED) is 0.779. The fourth-order valence-corrected chi connectivity index (χ4v) is 2.05. The molecule has 2 aromatic heterocycles. The molecule has 0 radical (unpaired) electrons. The number of amides is 2.